The summed E-state index contributed by atoms with van der Waals surface area (Å²) in [4.78, 5) is 16.0. The number of rotatable bonds is 3. The van der Waals surface area contributed by atoms with Gasteiger partial charge in [-0.3, -0.25) is 14.1 Å². The molecule has 0 unspecified atom stereocenters. The Balaban J connectivity index is 1.82. The largest absolute Gasteiger partial charge is 0.322 e. The second-order valence-corrected chi connectivity index (χ2v) is 6.99. The van der Waals surface area contributed by atoms with Gasteiger partial charge in [-0.2, -0.15) is 0 Å². The lowest BCUT2D eigenvalue weighted by Crippen LogP contribution is -2.25. The van der Waals surface area contributed by atoms with Crippen LogP contribution in [0.4, 0.5) is 11.4 Å². The molecule has 1 aromatic carbocycles. The Kier molecular flexibility index (Phi) is 3.81. The zero-order valence-corrected chi connectivity index (χ0v) is 12.6. The SMILES string of the molecule is O=C(Nc1cccc(N2CCCS2(=O)=O)c1)c1ccncc1. The maximum absolute atomic E-state index is 12.1. The van der Waals surface area contributed by atoms with Crippen LogP contribution in [0.25, 0.3) is 0 Å². The van der Waals surface area contributed by atoms with Gasteiger partial charge in [-0.1, -0.05) is 6.07 Å². The van der Waals surface area contributed by atoms with Crippen molar-refractivity contribution in [2.24, 2.45) is 0 Å². The van der Waals surface area contributed by atoms with Crippen molar-refractivity contribution >= 4 is 27.3 Å². The summed E-state index contributed by atoms with van der Waals surface area (Å²) in [6.45, 7) is 0.476. The zero-order chi connectivity index (χ0) is 15.6. The summed E-state index contributed by atoms with van der Waals surface area (Å²) in [5.74, 6) is -0.0931. The van der Waals surface area contributed by atoms with Gasteiger partial charge in [0.1, 0.15) is 0 Å². The van der Waals surface area contributed by atoms with Crippen LogP contribution in [0.1, 0.15) is 16.8 Å². The van der Waals surface area contributed by atoms with E-state index >= 15 is 0 Å². The molecule has 0 atom stereocenters. The molecule has 1 amide bonds. The Bertz CT molecular complexity index is 791. The van der Waals surface area contributed by atoms with E-state index in [4.69, 9.17) is 0 Å². The van der Waals surface area contributed by atoms with Crippen molar-refractivity contribution < 1.29 is 13.2 Å². The van der Waals surface area contributed by atoms with E-state index in [1.807, 2.05) is 0 Å². The van der Waals surface area contributed by atoms with Crippen molar-refractivity contribution in [2.45, 2.75) is 6.42 Å². The smallest absolute Gasteiger partial charge is 0.255 e. The highest BCUT2D eigenvalue weighted by Gasteiger charge is 2.28. The Morgan fingerprint density at radius 1 is 1.18 bits per heavy atom. The molecule has 1 N–H and O–H groups in total. The standard InChI is InChI=1S/C15H15N3O3S/c19-15(12-5-7-16-8-6-12)17-13-3-1-4-14(11-13)18-9-2-10-22(18,20)21/h1,3-8,11H,2,9-10H2,(H,17,19). The molecule has 0 radical (unpaired) electrons. The van der Waals surface area contributed by atoms with Crippen LogP contribution >= 0.6 is 0 Å². The van der Waals surface area contributed by atoms with Gasteiger partial charge in [-0.25, -0.2) is 8.42 Å². The topological polar surface area (TPSA) is 79.4 Å². The highest BCUT2D eigenvalue weighted by atomic mass is 32.2. The number of nitrogens with zero attached hydrogens (tertiary/aromatic N) is 2. The number of aromatic nitrogens is 1. The molecule has 0 aliphatic carbocycles. The number of nitrogens with one attached hydrogen (secondary N) is 1. The van der Waals surface area contributed by atoms with Crippen molar-refractivity contribution in [1.29, 1.82) is 0 Å². The first-order chi connectivity index (χ1) is 10.6. The van der Waals surface area contributed by atoms with Gasteiger partial charge in [0, 0.05) is 30.2 Å². The van der Waals surface area contributed by atoms with Crippen LogP contribution in [0.15, 0.2) is 48.8 Å². The molecule has 1 fully saturated rings. The van der Waals surface area contributed by atoms with E-state index in [2.05, 4.69) is 10.3 Å². The summed E-state index contributed by atoms with van der Waals surface area (Å²) in [5, 5.41) is 2.76. The summed E-state index contributed by atoms with van der Waals surface area (Å²) in [7, 11) is -3.23. The molecule has 3 rings (SSSR count). The first-order valence-electron chi connectivity index (χ1n) is 6.88. The molecule has 114 valence electrons. The monoisotopic (exact) mass is 317 g/mol. The van der Waals surface area contributed by atoms with E-state index in [1.54, 1.807) is 48.8 Å². The number of anilines is 2. The molecule has 0 spiro atoms. The molecule has 1 aromatic heterocycles. The number of pyridine rings is 1. The number of sulfonamides is 1. The number of hydrogen-bond donors (Lipinski definition) is 1. The Morgan fingerprint density at radius 2 is 1.95 bits per heavy atom. The lowest BCUT2D eigenvalue weighted by Gasteiger charge is -2.17. The van der Waals surface area contributed by atoms with Crippen LogP contribution in [0, 0.1) is 0 Å². The third-order valence-corrected chi connectivity index (χ3v) is 5.30. The minimum atomic E-state index is -3.23. The molecule has 0 saturated carbocycles. The van der Waals surface area contributed by atoms with Gasteiger partial charge in [-0.05, 0) is 36.8 Å². The third kappa shape index (κ3) is 2.94. The summed E-state index contributed by atoms with van der Waals surface area (Å²) in [5.41, 5.74) is 1.63. The molecule has 2 aromatic rings. The lowest BCUT2D eigenvalue weighted by molar-refractivity contribution is 0.102. The highest BCUT2D eigenvalue weighted by Crippen LogP contribution is 2.26. The molecular formula is C15H15N3O3S. The van der Waals surface area contributed by atoms with Gasteiger partial charge in [0.2, 0.25) is 10.0 Å². The average Bonchev–Trinajstić information content (AvgIpc) is 2.88. The summed E-state index contributed by atoms with van der Waals surface area (Å²) in [6.07, 6.45) is 3.71. The quantitative estimate of drug-likeness (QED) is 0.937. The van der Waals surface area contributed by atoms with Gasteiger partial charge < -0.3 is 5.32 Å². The van der Waals surface area contributed by atoms with Crippen molar-refractivity contribution in [2.75, 3.05) is 21.9 Å². The van der Waals surface area contributed by atoms with Gasteiger partial charge in [0.15, 0.2) is 0 Å². The molecule has 0 bridgehead atoms. The van der Waals surface area contributed by atoms with Crippen LogP contribution in [0.5, 0.6) is 0 Å². The lowest BCUT2D eigenvalue weighted by atomic mass is 10.2. The van der Waals surface area contributed by atoms with E-state index in [1.165, 1.54) is 4.31 Å². The fourth-order valence-electron chi connectivity index (χ4n) is 2.37. The van der Waals surface area contributed by atoms with Crippen LogP contribution in [0.3, 0.4) is 0 Å². The van der Waals surface area contributed by atoms with Crippen LogP contribution < -0.4 is 9.62 Å². The first-order valence-corrected chi connectivity index (χ1v) is 8.49. The zero-order valence-electron chi connectivity index (χ0n) is 11.8. The van der Waals surface area contributed by atoms with E-state index in [-0.39, 0.29) is 11.7 Å². The number of amides is 1. The summed E-state index contributed by atoms with van der Waals surface area (Å²) < 4.78 is 25.3. The predicted molar refractivity (Wildman–Crippen MR) is 84.4 cm³/mol. The number of benzene rings is 1. The van der Waals surface area contributed by atoms with Crippen molar-refractivity contribution in [3.8, 4) is 0 Å². The highest BCUT2D eigenvalue weighted by molar-refractivity contribution is 7.93. The Morgan fingerprint density at radius 3 is 2.64 bits per heavy atom. The molecule has 1 aliphatic rings. The Labute approximate surface area is 128 Å². The van der Waals surface area contributed by atoms with Crippen molar-refractivity contribution in [3.05, 3.63) is 54.4 Å². The van der Waals surface area contributed by atoms with Crippen LogP contribution in [-0.2, 0) is 10.0 Å². The van der Waals surface area contributed by atoms with Crippen molar-refractivity contribution in [1.82, 2.24) is 4.98 Å². The fourth-order valence-corrected chi connectivity index (χ4v) is 3.93. The number of carbonyl (C=O) groups excluding carboxylic acids is 1. The third-order valence-electron chi connectivity index (χ3n) is 3.43. The Hall–Kier alpha value is -2.41. The van der Waals surface area contributed by atoms with E-state index in [0.717, 1.165) is 0 Å². The predicted octanol–water partition coefficient (Wildman–Crippen LogP) is 1.87. The maximum atomic E-state index is 12.1. The normalized spacial score (nSPS) is 16.5. The van der Waals surface area contributed by atoms with Gasteiger partial charge in [0.05, 0.1) is 11.4 Å². The second-order valence-electron chi connectivity index (χ2n) is 4.98. The first kappa shape index (κ1) is 14.5. The van der Waals surface area contributed by atoms with Gasteiger partial charge in [-0.15, -0.1) is 0 Å². The molecule has 22 heavy (non-hydrogen) atoms. The van der Waals surface area contributed by atoms with Crippen molar-refractivity contribution in [3.63, 3.8) is 0 Å². The number of carbonyl (C=O) groups is 1. The van der Waals surface area contributed by atoms with Gasteiger partial charge >= 0.3 is 0 Å². The maximum Gasteiger partial charge on any atom is 0.255 e. The molecule has 7 heteroatoms. The second kappa shape index (κ2) is 5.76. The van der Waals surface area contributed by atoms with E-state index < -0.39 is 10.0 Å². The molecule has 2 heterocycles. The molecule has 1 saturated heterocycles. The van der Waals surface area contributed by atoms with Crippen LogP contribution in [-0.4, -0.2) is 31.6 Å². The minimum Gasteiger partial charge on any atom is -0.322 e. The summed E-state index contributed by atoms with van der Waals surface area (Å²) in [6, 6.07) is 10.1. The molecule has 1 aliphatic heterocycles. The van der Waals surface area contributed by atoms with E-state index in [0.29, 0.717) is 29.9 Å². The van der Waals surface area contributed by atoms with Gasteiger partial charge in [0.25, 0.3) is 5.91 Å². The molecule has 6 nitrogen and oxygen atoms in total. The summed E-state index contributed by atoms with van der Waals surface area (Å²) >= 11 is 0. The average molecular weight is 317 g/mol. The molecular weight excluding hydrogens is 302 g/mol. The number of hydrogen-bond acceptors (Lipinski definition) is 4. The van der Waals surface area contributed by atoms with Crippen LogP contribution in [0.2, 0.25) is 0 Å². The minimum absolute atomic E-state index is 0.167. The van der Waals surface area contributed by atoms with E-state index in [9.17, 15) is 13.2 Å². The fraction of sp³-hybridized carbons (Fsp3) is 0.200.